The van der Waals surface area contributed by atoms with Gasteiger partial charge in [-0.1, -0.05) is 37.1 Å². The van der Waals surface area contributed by atoms with Gasteiger partial charge in [-0.3, -0.25) is 21.5 Å². The number of guanidine groups is 4. The Hall–Kier alpha value is -3.79. The third-order valence-electron chi connectivity index (χ3n) is 4.61. The molecule has 2 rings (SSSR count). The molecule has 0 heterocycles. The summed E-state index contributed by atoms with van der Waals surface area (Å²) in [7, 11) is 0. The van der Waals surface area contributed by atoms with Crippen LogP contribution in [-0.4, -0.2) is 36.9 Å². The molecule has 0 aliphatic carbocycles. The number of nitrogens with one attached hydrogen (secondary N) is 4. The summed E-state index contributed by atoms with van der Waals surface area (Å²) in [5, 5.41) is 6.62. The van der Waals surface area contributed by atoms with Crippen molar-refractivity contribution in [2.75, 3.05) is 23.7 Å². The maximum Gasteiger partial charge on any atom is 0.385 e. The molecule has 0 unspecified atom stereocenters. The number of anilines is 2. The molecule has 0 aliphatic rings. The van der Waals surface area contributed by atoms with E-state index in [1.54, 1.807) is 24.3 Å². The summed E-state index contributed by atoms with van der Waals surface area (Å²) in [6, 6.07) is 15.1. The van der Waals surface area contributed by atoms with Gasteiger partial charge in [0, 0.05) is 16.4 Å². The second-order valence-electron chi connectivity index (χ2n) is 7.53. The third kappa shape index (κ3) is 10.7. The van der Waals surface area contributed by atoms with Gasteiger partial charge in [0.25, 0.3) is 11.9 Å². The quantitative estimate of drug-likeness (QED) is 0.128. The van der Waals surface area contributed by atoms with Crippen LogP contribution in [0, 0.1) is 0 Å². The normalized spacial score (nSPS) is 13.1. The Morgan fingerprint density at radius 2 is 1.24 bits per heavy atom. The average Bonchev–Trinajstić information content (AvgIpc) is 2.79. The predicted octanol–water partition coefficient (Wildman–Crippen LogP) is -0.983. The molecular formula is C23H35ClN10+2. The largest absolute Gasteiger partial charge is 0.385 e. The number of aryl methyl sites for hydroxylation is 1. The predicted molar refractivity (Wildman–Crippen MR) is 142 cm³/mol. The van der Waals surface area contributed by atoms with E-state index in [2.05, 4.69) is 37.5 Å². The molecule has 0 aliphatic heterocycles. The minimum Gasteiger partial charge on any atom is -0.355 e. The zero-order valence-corrected chi connectivity index (χ0v) is 20.2. The number of aliphatic imine (C=N–C) groups is 2. The van der Waals surface area contributed by atoms with E-state index in [1.807, 2.05) is 24.3 Å². The van der Waals surface area contributed by atoms with Gasteiger partial charge in [-0.2, -0.15) is 0 Å². The third-order valence-corrected chi connectivity index (χ3v) is 4.86. The van der Waals surface area contributed by atoms with Crippen LogP contribution in [0.25, 0.3) is 0 Å². The fraction of sp³-hybridized carbons (Fsp3) is 0.304. The van der Waals surface area contributed by atoms with Crippen LogP contribution in [0.4, 0.5) is 11.4 Å². The first-order chi connectivity index (χ1) is 16.4. The van der Waals surface area contributed by atoms with E-state index in [4.69, 9.17) is 34.5 Å². The Morgan fingerprint density at radius 3 is 1.74 bits per heavy atom. The summed E-state index contributed by atoms with van der Waals surface area (Å²) in [6.07, 6.45) is 3.84. The summed E-state index contributed by atoms with van der Waals surface area (Å²) in [5.74, 6) is 0.961. The number of hydrogen-bond acceptors (Lipinski definition) is 0. The molecule has 182 valence electrons. The molecule has 0 aromatic heterocycles. The van der Waals surface area contributed by atoms with E-state index >= 15 is 0 Å². The molecule has 12 N–H and O–H groups in total. The Balaban J connectivity index is 1.76. The van der Waals surface area contributed by atoms with Crippen molar-refractivity contribution in [2.24, 2.45) is 32.9 Å². The monoisotopic (exact) mass is 486 g/mol. The van der Waals surface area contributed by atoms with Gasteiger partial charge < -0.3 is 22.1 Å². The number of nitrogens with zero attached hydrogens (tertiary/aromatic N) is 2. The van der Waals surface area contributed by atoms with E-state index in [0.717, 1.165) is 43.6 Å². The molecule has 2 aromatic rings. The van der Waals surface area contributed by atoms with Crippen molar-refractivity contribution in [1.29, 1.82) is 0 Å². The highest BCUT2D eigenvalue weighted by molar-refractivity contribution is 6.30. The SMILES string of the molecule is CCCC[NH+]=C(N)/N=C(\N)Nc1ccc(CCC[NH+]=C(N)/N=C(\N)Nc2ccc(Cl)cc2)cc1. The molecule has 0 amide bonds. The summed E-state index contributed by atoms with van der Waals surface area (Å²) >= 11 is 5.87. The minimum absolute atomic E-state index is 0.189. The van der Waals surface area contributed by atoms with Crippen LogP contribution in [0.2, 0.25) is 5.02 Å². The van der Waals surface area contributed by atoms with Gasteiger partial charge in [0.2, 0.25) is 0 Å². The summed E-state index contributed by atoms with van der Waals surface area (Å²) in [6.45, 7) is 3.54. The minimum atomic E-state index is 0.189. The lowest BCUT2D eigenvalue weighted by Gasteiger charge is -2.04. The van der Waals surface area contributed by atoms with Crippen molar-refractivity contribution in [3.63, 3.8) is 0 Å². The van der Waals surface area contributed by atoms with E-state index < -0.39 is 0 Å². The smallest absolute Gasteiger partial charge is 0.355 e. The Bertz CT molecular complexity index is 1010. The van der Waals surface area contributed by atoms with Crippen LogP contribution in [0.5, 0.6) is 0 Å². The van der Waals surface area contributed by atoms with Gasteiger partial charge in [0.05, 0.1) is 13.1 Å². The number of benzene rings is 2. The second kappa shape index (κ2) is 14.4. The Kier molecular flexibility index (Phi) is 11.2. The van der Waals surface area contributed by atoms with Crippen molar-refractivity contribution in [2.45, 2.75) is 32.6 Å². The molecule has 0 saturated carbocycles. The number of hydrogen-bond donors (Lipinski definition) is 8. The maximum atomic E-state index is 5.91. The highest BCUT2D eigenvalue weighted by Crippen LogP contribution is 2.13. The summed E-state index contributed by atoms with van der Waals surface area (Å²) in [5.41, 5.74) is 26.3. The second-order valence-corrected chi connectivity index (χ2v) is 7.97. The summed E-state index contributed by atoms with van der Waals surface area (Å²) in [4.78, 5) is 14.3. The zero-order valence-electron chi connectivity index (χ0n) is 19.4. The van der Waals surface area contributed by atoms with E-state index in [-0.39, 0.29) is 17.9 Å². The molecule has 34 heavy (non-hydrogen) atoms. The van der Waals surface area contributed by atoms with Crippen LogP contribution >= 0.6 is 11.6 Å². The topological polar surface area (TPSA) is 181 Å². The lowest BCUT2D eigenvalue weighted by atomic mass is 10.1. The number of halogens is 1. The van der Waals surface area contributed by atoms with Gasteiger partial charge in [-0.15, -0.1) is 0 Å². The summed E-state index contributed by atoms with van der Waals surface area (Å²) < 4.78 is 0. The number of nitrogens with two attached hydrogens (primary N) is 4. The van der Waals surface area contributed by atoms with Crippen molar-refractivity contribution in [1.82, 2.24) is 0 Å². The van der Waals surface area contributed by atoms with Crippen LogP contribution in [0.15, 0.2) is 58.5 Å². The van der Waals surface area contributed by atoms with Crippen molar-refractivity contribution < 1.29 is 9.98 Å². The molecule has 0 spiro atoms. The lowest BCUT2D eigenvalue weighted by Crippen LogP contribution is -2.75. The number of rotatable bonds is 9. The highest BCUT2D eigenvalue weighted by atomic mass is 35.5. The molecule has 0 atom stereocenters. The maximum absolute atomic E-state index is 5.91. The average molecular weight is 487 g/mol. The Morgan fingerprint density at radius 1 is 0.765 bits per heavy atom. The first-order valence-electron chi connectivity index (χ1n) is 11.1. The molecular weight excluding hydrogens is 452 g/mol. The molecule has 0 fully saturated rings. The molecule has 0 bridgehead atoms. The van der Waals surface area contributed by atoms with Crippen molar-refractivity contribution >= 4 is 46.8 Å². The van der Waals surface area contributed by atoms with Crippen LogP contribution in [0.1, 0.15) is 31.7 Å². The van der Waals surface area contributed by atoms with E-state index in [0.29, 0.717) is 17.5 Å². The lowest BCUT2D eigenvalue weighted by molar-refractivity contribution is -0.459. The number of unbranched alkanes of at least 4 members (excludes halogenated alkanes) is 1. The fourth-order valence-corrected chi connectivity index (χ4v) is 3.01. The standard InChI is InChI=1S/C23H33ClN10/c1-2-3-14-29-20(25)33-22(27)31-18-10-6-16(7-11-18)5-4-15-30-21(26)34-23(28)32-19-12-8-17(24)9-13-19/h6-13H,2-5,14-15H2,1H3,(H5,25,27,29,31,33)(H5,26,28,30,32,34)/p+2. The molecule has 2 aromatic carbocycles. The van der Waals surface area contributed by atoms with Crippen LogP contribution in [0.3, 0.4) is 0 Å². The van der Waals surface area contributed by atoms with E-state index in [9.17, 15) is 0 Å². The Labute approximate surface area is 205 Å². The van der Waals surface area contributed by atoms with Crippen LogP contribution < -0.4 is 43.6 Å². The van der Waals surface area contributed by atoms with Crippen molar-refractivity contribution in [3.05, 3.63) is 59.1 Å². The first kappa shape index (κ1) is 26.5. The van der Waals surface area contributed by atoms with Gasteiger partial charge >= 0.3 is 11.9 Å². The molecule has 10 nitrogen and oxygen atoms in total. The van der Waals surface area contributed by atoms with Gasteiger partial charge in [0.1, 0.15) is 0 Å². The first-order valence-corrected chi connectivity index (χ1v) is 11.5. The van der Waals surface area contributed by atoms with E-state index in [1.165, 1.54) is 5.56 Å². The fourth-order valence-electron chi connectivity index (χ4n) is 2.88. The van der Waals surface area contributed by atoms with Crippen molar-refractivity contribution in [3.8, 4) is 0 Å². The van der Waals surface area contributed by atoms with Crippen LogP contribution in [-0.2, 0) is 6.42 Å². The molecule has 11 heteroatoms. The van der Waals surface area contributed by atoms with Gasteiger partial charge in [-0.25, -0.2) is 0 Å². The molecule has 0 saturated heterocycles. The van der Waals surface area contributed by atoms with Gasteiger partial charge in [-0.05, 0) is 71.2 Å². The highest BCUT2D eigenvalue weighted by Gasteiger charge is 2.05. The van der Waals surface area contributed by atoms with Gasteiger partial charge in [0.15, 0.2) is 0 Å². The zero-order chi connectivity index (χ0) is 24.8. The molecule has 0 radical (unpaired) electrons.